The van der Waals surface area contributed by atoms with E-state index in [1.807, 2.05) is 16.9 Å². The van der Waals surface area contributed by atoms with E-state index in [0.717, 1.165) is 65.0 Å². The molecule has 0 radical (unpaired) electrons. The fraction of sp³-hybridized carbons (Fsp3) is 0.765. The molecule has 0 saturated carbocycles. The van der Waals surface area contributed by atoms with Crippen LogP contribution < -0.4 is 10.6 Å². The minimum absolute atomic E-state index is 0. The Morgan fingerprint density at radius 1 is 1.31 bits per heavy atom. The molecule has 0 unspecified atom stereocenters. The van der Waals surface area contributed by atoms with Crippen LogP contribution in [-0.2, 0) is 15.1 Å². The number of halogens is 2. The van der Waals surface area contributed by atoms with Gasteiger partial charge in [-0.2, -0.15) is 5.10 Å². The summed E-state index contributed by atoms with van der Waals surface area (Å²) in [7, 11) is 1.74. The van der Waals surface area contributed by atoms with E-state index in [-0.39, 0.29) is 36.8 Å². The molecule has 0 spiro atoms. The average Bonchev–Trinajstić information content (AvgIpc) is 3.17. The molecule has 1 amide bonds. The van der Waals surface area contributed by atoms with E-state index in [2.05, 4.69) is 20.6 Å². The van der Waals surface area contributed by atoms with Crippen LogP contribution in [0.3, 0.4) is 0 Å². The maximum Gasteiger partial charge on any atom is 0.248 e. The summed E-state index contributed by atoms with van der Waals surface area (Å²) in [6.45, 7) is 5.48. The number of hydrogen-bond donors (Lipinski definition) is 2. The molecule has 0 bridgehead atoms. The molecule has 2 aliphatic heterocycles. The van der Waals surface area contributed by atoms with Gasteiger partial charge in [0.1, 0.15) is 5.54 Å². The Labute approximate surface area is 168 Å². The Morgan fingerprint density at radius 2 is 2.00 bits per heavy atom. The fourth-order valence-corrected chi connectivity index (χ4v) is 3.76. The first kappa shape index (κ1) is 23.2. The predicted octanol–water partition coefficient (Wildman–Crippen LogP) is 1.03. The van der Waals surface area contributed by atoms with Crippen LogP contribution >= 0.6 is 24.8 Å². The largest absolute Gasteiger partial charge is 0.383 e. The molecule has 2 N–H and O–H groups in total. The third-order valence-corrected chi connectivity index (χ3v) is 5.33. The maximum absolute atomic E-state index is 13.1. The molecule has 26 heavy (non-hydrogen) atoms. The lowest BCUT2D eigenvalue weighted by atomic mass is 9.86. The SMILES string of the molecule is COCCN1CCC(NC(=O)C2(n3cccn3)CCNCC2)CC1.Cl.Cl. The second-order valence-electron chi connectivity index (χ2n) is 6.81. The first-order valence-corrected chi connectivity index (χ1v) is 8.98. The van der Waals surface area contributed by atoms with Crippen molar-refractivity contribution in [2.45, 2.75) is 37.3 Å². The topological polar surface area (TPSA) is 71.4 Å². The number of likely N-dealkylation sites (tertiary alicyclic amines) is 1. The highest BCUT2D eigenvalue weighted by Gasteiger charge is 2.42. The Hall–Kier alpha value is -0.860. The van der Waals surface area contributed by atoms with E-state index < -0.39 is 5.54 Å². The summed E-state index contributed by atoms with van der Waals surface area (Å²) in [6.07, 6.45) is 7.25. The lowest BCUT2D eigenvalue weighted by molar-refractivity contribution is -0.133. The molecule has 3 heterocycles. The van der Waals surface area contributed by atoms with Gasteiger partial charge in [0.05, 0.1) is 6.61 Å². The molecule has 150 valence electrons. The molecule has 1 aromatic rings. The number of piperidine rings is 2. The van der Waals surface area contributed by atoms with E-state index in [4.69, 9.17) is 4.74 Å². The molecule has 7 nitrogen and oxygen atoms in total. The van der Waals surface area contributed by atoms with Crippen molar-refractivity contribution in [3.63, 3.8) is 0 Å². The van der Waals surface area contributed by atoms with Crippen molar-refractivity contribution in [3.8, 4) is 0 Å². The summed E-state index contributed by atoms with van der Waals surface area (Å²) in [4.78, 5) is 15.5. The first-order chi connectivity index (χ1) is 11.7. The van der Waals surface area contributed by atoms with Gasteiger partial charge in [0.15, 0.2) is 0 Å². The fourth-order valence-electron chi connectivity index (χ4n) is 3.76. The number of nitrogens with zero attached hydrogens (tertiary/aromatic N) is 3. The molecule has 0 atom stereocenters. The second-order valence-corrected chi connectivity index (χ2v) is 6.81. The van der Waals surface area contributed by atoms with E-state index in [9.17, 15) is 4.79 Å². The second kappa shape index (κ2) is 11.1. The van der Waals surface area contributed by atoms with Gasteiger partial charge in [-0.3, -0.25) is 9.48 Å². The van der Waals surface area contributed by atoms with Crippen molar-refractivity contribution in [2.75, 3.05) is 46.4 Å². The quantitative estimate of drug-likeness (QED) is 0.736. The van der Waals surface area contributed by atoms with Gasteiger partial charge >= 0.3 is 0 Å². The Balaban J connectivity index is 0.00000169. The van der Waals surface area contributed by atoms with Gasteiger partial charge in [0.25, 0.3) is 0 Å². The van der Waals surface area contributed by atoms with Crippen LogP contribution in [0.4, 0.5) is 0 Å². The van der Waals surface area contributed by atoms with E-state index in [1.54, 1.807) is 13.3 Å². The van der Waals surface area contributed by atoms with Crippen LogP contribution in [-0.4, -0.2) is 73.1 Å². The minimum atomic E-state index is -0.540. The third kappa shape index (κ3) is 5.33. The molecule has 2 fully saturated rings. The highest BCUT2D eigenvalue weighted by Crippen LogP contribution is 2.27. The number of carbonyl (C=O) groups excluding carboxylic acids is 1. The summed E-state index contributed by atoms with van der Waals surface area (Å²) < 4.78 is 7.00. The van der Waals surface area contributed by atoms with Gasteiger partial charge in [-0.15, -0.1) is 24.8 Å². The van der Waals surface area contributed by atoms with Crippen LogP contribution in [0.1, 0.15) is 25.7 Å². The van der Waals surface area contributed by atoms with E-state index in [0.29, 0.717) is 0 Å². The average molecular weight is 408 g/mol. The highest BCUT2D eigenvalue weighted by molar-refractivity contribution is 5.86. The maximum atomic E-state index is 13.1. The Morgan fingerprint density at radius 3 is 2.58 bits per heavy atom. The smallest absolute Gasteiger partial charge is 0.248 e. The van der Waals surface area contributed by atoms with Gasteiger partial charge in [-0.05, 0) is 44.8 Å². The molecular formula is C17H31Cl2N5O2. The zero-order chi connectivity index (χ0) is 16.8. The summed E-state index contributed by atoms with van der Waals surface area (Å²) in [6, 6.07) is 2.16. The predicted molar refractivity (Wildman–Crippen MR) is 106 cm³/mol. The summed E-state index contributed by atoms with van der Waals surface area (Å²) in [5.41, 5.74) is -0.540. The highest BCUT2D eigenvalue weighted by atomic mass is 35.5. The third-order valence-electron chi connectivity index (χ3n) is 5.33. The standard InChI is InChI=1S/C17H29N5O2.2ClH/c1-24-14-13-21-11-3-15(4-12-21)20-16(23)17(5-8-18-9-6-17)22-10-2-7-19-22;;/h2,7,10,15,18H,3-6,8-9,11-14H2,1H3,(H,20,23);2*1H. The number of ether oxygens (including phenoxy) is 1. The van der Waals surface area contributed by atoms with Crippen molar-refractivity contribution in [2.24, 2.45) is 0 Å². The molecule has 3 rings (SSSR count). The van der Waals surface area contributed by atoms with Gasteiger partial charge in [-0.1, -0.05) is 0 Å². The molecule has 1 aromatic heterocycles. The molecule has 0 aromatic carbocycles. The Bertz CT molecular complexity index is 515. The summed E-state index contributed by atoms with van der Waals surface area (Å²) >= 11 is 0. The number of rotatable bonds is 6. The van der Waals surface area contributed by atoms with Crippen LogP contribution in [0.25, 0.3) is 0 Å². The monoisotopic (exact) mass is 407 g/mol. The molecular weight excluding hydrogens is 377 g/mol. The number of amides is 1. The molecule has 2 saturated heterocycles. The number of nitrogens with one attached hydrogen (secondary N) is 2. The summed E-state index contributed by atoms with van der Waals surface area (Å²) in [5, 5.41) is 11.0. The zero-order valence-electron chi connectivity index (χ0n) is 15.4. The van der Waals surface area contributed by atoms with Crippen molar-refractivity contribution in [1.29, 1.82) is 0 Å². The molecule has 0 aliphatic carbocycles. The van der Waals surface area contributed by atoms with E-state index in [1.165, 1.54) is 0 Å². The van der Waals surface area contributed by atoms with Gasteiger partial charge in [-0.25, -0.2) is 0 Å². The number of methoxy groups -OCH3 is 1. The van der Waals surface area contributed by atoms with E-state index >= 15 is 0 Å². The zero-order valence-corrected chi connectivity index (χ0v) is 17.0. The van der Waals surface area contributed by atoms with Crippen molar-refractivity contribution >= 4 is 30.7 Å². The number of carbonyl (C=O) groups is 1. The van der Waals surface area contributed by atoms with Gasteiger partial charge < -0.3 is 20.3 Å². The number of aromatic nitrogens is 2. The summed E-state index contributed by atoms with van der Waals surface area (Å²) in [5.74, 6) is 0.128. The van der Waals surface area contributed by atoms with Crippen LogP contribution in [0.2, 0.25) is 0 Å². The number of hydrogen-bond acceptors (Lipinski definition) is 5. The normalized spacial score (nSPS) is 20.7. The van der Waals surface area contributed by atoms with Crippen molar-refractivity contribution < 1.29 is 9.53 Å². The van der Waals surface area contributed by atoms with Crippen LogP contribution in [0.15, 0.2) is 18.5 Å². The first-order valence-electron chi connectivity index (χ1n) is 8.98. The minimum Gasteiger partial charge on any atom is -0.383 e. The lowest BCUT2D eigenvalue weighted by Crippen LogP contribution is -2.57. The van der Waals surface area contributed by atoms with Gasteiger partial charge in [0, 0.05) is 45.2 Å². The Kier molecular flexibility index (Phi) is 9.89. The van der Waals surface area contributed by atoms with Crippen LogP contribution in [0.5, 0.6) is 0 Å². The van der Waals surface area contributed by atoms with Crippen LogP contribution in [0, 0.1) is 0 Å². The van der Waals surface area contributed by atoms with Crippen molar-refractivity contribution in [1.82, 2.24) is 25.3 Å². The van der Waals surface area contributed by atoms with Crippen molar-refractivity contribution in [3.05, 3.63) is 18.5 Å². The lowest BCUT2D eigenvalue weighted by Gasteiger charge is -2.39. The van der Waals surface area contributed by atoms with Gasteiger partial charge in [0.2, 0.25) is 5.91 Å². The molecule has 2 aliphatic rings. The molecule has 9 heteroatoms.